The zero-order valence-electron chi connectivity index (χ0n) is 13.9. The molecular formula is C19H30N2. The second kappa shape index (κ2) is 6.50. The van der Waals surface area contributed by atoms with Crippen LogP contribution in [0.4, 0.5) is 0 Å². The fraction of sp³-hybridized carbons (Fsp3) is 0.684. The number of hydrogen-bond donors (Lipinski definition) is 1. The highest BCUT2D eigenvalue weighted by Crippen LogP contribution is 2.31. The normalized spacial score (nSPS) is 26.1. The molecule has 1 N–H and O–H groups in total. The van der Waals surface area contributed by atoms with E-state index in [1.165, 1.54) is 62.0 Å². The minimum atomic E-state index is 0.558. The quantitative estimate of drug-likeness (QED) is 0.908. The molecule has 1 aromatic rings. The fourth-order valence-electron chi connectivity index (χ4n) is 4.23. The van der Waals surface area contributed by atoms with Crippen LogP contribution in [0.15, 0.2) is 18.2 Å². The molecule has 2 saturated heterocycles. The summed E-state index contributed by atoms with van der Waals surface area (Å²) in [5.74, 6) is 0.912. The molecule has 0 spiro atoms. The van der Waals surface area contributed by atoms with Gasteiger partial charge >= 0.3 is 0 Å². The Morgan fingerprint density at radius 2 is 1.90 bits per heavy atom. The lowest BCUT2D eigenvalue weighted by molar-refractivity contribution is 0.126. The molecule has 2 aliphatic rings. The summed E-state index contributed by atoms with van der Waals surface area (Å²) in [4.78, 5) is 2.69. The zero-order valence-corrected chi connectivity index (χ0v) is 13.9. The van der Waals surface area contributed by atoms with E-state index in [-0.39, 0.29) is 0 Å². The van der Waals surface area contributed by atoms with E-state index < -0.39 is 0 Å². The Hall–Kier alpha value is -0.860. The monoisotopic (exact) mass is 286 g/mol. The summed E-state index contributed by atoms with van der Waals surface area (Å²) < 4.78 is 0. The number of benzene rings is 1. The van der Waals surface area contributed by atoms with Gasteiger partial charge in [0.2, 0.25) is 0 Å². The second-order valence-electron chi connectivity index (χ2n) is 7.11. The summed E-state index contributed by atoms with van der Waals surface area (Å²) in [6.07, 6.45) is 5.51. The van der Waals surface area contributed by atoms with Gasteiger partial charge in [-0.3, -0.25) is 4.90 Å². The highest BCUT2D eigenvalue weighted by molar-refractivity contribution is 5.32. The van der Waals surface area contributed by atoms with Crippen molar-refractivity contribution in [3.05, 3.63) is 34.9 Å². The number of nitrogens with one attached hydrogen (secondary N) is 1. The second-order valence-corrected chi connectivity index (χ2v) is 7.11. The van der Waals surface area contributed by atoms with E-state index >= 15 is 0 Å². The van der Waals surface area contributed by atoms with Crippen molar-refractivity contribution < 1.29 is 0 Å². The van der Waals surface area contributed by atoms with Gasteiger partial charge in [-0.2, -0.15) is 0 Å². The first-order chi connectivity index (χ1) is 10.1. The molecule has 0 radical (unpaired) electrons. The summed E-state index contributed by atoms with van der Waals surface area (Å²) in [5.41, 5.74) is 4.34. The molecule has 2 heteroatoms. The molecule has 0 bridgehead atoms. The first-order valence-electron chi connectivity index (χ1n) is 8.70. The van der Waals surface area contributed by atoms with Crippen LogP contribution in [0.1, 0.15) is 55.3 Å². The van der Waals surface area contributed by atoms with Crippen LogP contribution >= 0.6 is 0 Å². The minimum Gasteiger partial charge on any atom is -0.314 e. The average Bonchev–Trinajstić information content (AvgIpc) is 3.03. The van der Waals surface area contributed by atoms with Gasteiger partial charge in [-0.05, 0) is 83.1 Å². The smallest absolute Gasteiger partial charge is 0.0322 e. The summed E-state index contributed by atoms with van der Waals surface area (Å²) in [6.45, 7) is 10.6. The molecule has 0 aliphatic carbocycles. The zero-order chi connectivity index (χ0) is 14.8. The van der Waals surface area contributed by atoms with Crippen molar-refractivity contribution in [3.63, 3.8) is 0 Å². The summed E-state index contributed by atoms with van der Waals surface area (Å²) in [7, 11) is 0. The van der Waals surface area contributed by atoms with Gasteiger partial charge in [-0.15, -0.1) is 0 Å². The van der Waals surface area contributed by atoms with E-state index in [2.05, 4.69) is 49.2 Å². The predicted molar refractivity (Wildman–Crippen MR) is 89.7 cm³/mol. The van der Waals surface area contributed by atoms with Gasteiger partial charge in [0, 0.05) is 12.1 Å². The fourth-order valence-corrected chi connectivity index (χ4v) is 4.23. The Labute approximate surface area is 129 Å². The lowest BCUT2D eigenvalue weighted by Gasteiger charge is -2.38. The van der Waals surface area contributed by atoms with Gasteiger partial charge in [0.25, 0.3) is 0 Å². The van der Waals surface area contributed by atoms with Crippen LogP contribution in [-0.4, -0.2) is 30.6 Å². The van der Waals surface area contributed by atoms with Crippen LogP contribution in [0.3, 0.4) is 0 Å². The van der Waals surface area contributed by atoms with E-state index in [1.54, 1.807) is 0 Å². The largest absolute Gasteiger partial charge is 0.314 e. The Morgan fingerprint density at radius 1 is 1.14 bits per heavy atom. The Bertz CT molecular complexity index is 468. The molecule has 1 aromatic carbocycles. The lowest BCUT2D eigenvalue weighted by atomic mass is 9.87. The van der Waals surface area contributed by atoms with Crippen molar-refractivity contribution in [1.29, 1.82) is 0 Å². The predicted octanol–water partition coefficient (Wildman–Crippen LogP) is 3.83. The van der Waals surface area contributed by atoms with E-state index in [4.69, 9.17) is 0 Å². The van der Waals surface area contributed by atoms with E-state index in [0.717, 1.165) is 12.0 Å². The lowest BCUT2D eigenvalue weighted by Crippen LogP contribution is -2.41. The number of rotatable bonds is 3. The van der Waals surface area contributed by atoms with Crippen molar-refractivity contribution in [2.24, 2.45) is 5.92 Å². The molecule has 2 fully saturated rings. The summed E-state index contributed by atoms with van der Waals surface area (Å²) in [6, 6.07) is 8.25. The number of piperidine rings is 1. The van der Waals surface area contributed by atoms with Gasteiger partial charge in [-0.1, -0.05) is 23.8 Å². The molecular weight excluding hydrogens is 256 g/mol. The molecule has 0 saturated carbocycles. The molecule has 0 amide bonds. The van der Waals surface area contributed by atoms with Gasteiger partial charge in [-0.25, -0.2) is 0 Å². The highest BCUT2D eigenvalue weighted by atomic mass is 15.2. The first-order valence-corrected chi connectivity index (χ1v) is 8.70. The maximum absolute atomic E-state index is 3.70. The molecule has 2 unspecified atom stereocenters. The Balaban J connectivity index is 1.62. The van der Waals surface area contributed by atoms with Crippen LogP contribution in [0.25, 0.3) is 0 Å². The maximum atomic E-state index is 3.70. The molecule has 3 rings (SSSR count). The van der Waals surface area contributed by atoms with Crippen molar-refractivity contribution in [2.75, 3.05) is 19.6 Å². The molecule has 2 nitrogen and oxygen atoms in total. The Kier molecular flexibility index (Phi) is 4.66. The standard InChI is InChI=1S/C19H30N2/c1-14-6-7-15(2)18(13-14)16(3)21-11-8-17(9-12-21)19-5-4-10-20-19/h6-7,13,16-17,19-20H,4-5,8-12H2,1-3H3. The van der Waals surface area contributed by atoms with Crippen LogP contribution in [0.5, 0.6) is 0 Å². The van der Waals surface area contributed by atoms with Crippen molar-refractivity contribution in [3.8, 4) is 0 Å². The minimum absolute atomic E-state index is 0.558. The third-order valence-electron chi connectivity index (χ3n) is 5.67. The first kappa shape index (κ1) is 15.1. The van der Waals surface area contributed by atoms with Gasteiger partial charge < -0.3 is 5.32 Å². The van der Waals surface area contributed by atoms with Crippen molar-refractivity contribution in [1.82, 2.24) is 10.2 Å². The van der Waals surface area contributed by atoms with Gasteiger partial charge in [0.05, 0.1) is 0 Å². The van der Waals surface area contributed by atoms with Crippen LogP contribution in [-0.2, 0) is 0 Å². The number of nitrogens with zero attached hydrogens (tertiary/aromatic N) is 1. The van der Waals surface area contributed by atoms with Gasteiger partial charge in [0.15, 0.2) is 0 Å². The van der Waals surface area contributed by atoms with Crippen LogP contribution in [0, 0.1) is 19.8 Å². The molecule has 2 aliphatic heterocycles. The van der Waals surface area contributed by atoms with Crippen LogP contribution < -0.4 is 5.32 Å². The van der Waals surface area contributed by atoms with Crippen molar-refractivity contribution >= 4 is 0 Å². The van der Waals surface area contributed by atoms with E-state index in [1.807, 2.05) is 0 Å². The summed E-state index contributed by atoms with van der Waals surface area (Å²) in [5, 5.41) is 3.70. The highest BCUT2D eigenvalue weighted by Gasteiger charge is 2.30. The number of aryl methyl sites for hydroxylation is 2. The topological polar surface area (TPSA) is 15.3 Å². The molecule has 2 heterocycles. The van der Waals surface area contributed by atoms with E-state index in [9.17, 15) is 0 Å². The molecule has 0 aromatic heterocycles. The van der Waals surface area contributed by atoms with Crippen molar-refractivity contribution in [2.45, 2.75) is 58.5 Å². The molecule has 2 atom stereocenters. The number of hydrogen-bond acceptors (Lipinski definition) is 2. The molecule has 116 valence electrons. The third kappa shape index (κ3) is 3.32. The van der Waals surface area contributed by atoms with Gasteiger partial charge in [0.1, 0.15) is 0 Å². The summed E-state index contributed by atoms with van der Waals surface area (Å²) >= 11 is 0. The van der Waals surface area contributed by atoms with Crippen LogP contribution in [0.2, 0.25) is 0 Å². The average molecular weight is 286 g/mol. The number of likely N-dealkylation sites (tertiary alicyclic amines) is 1. The molecule has 21 heavy (non-hydrogen) atoms. The third-order valence-corrected chi connectivity index (χ3v) is 5.67. The van der Waals surface area contributed by atoms with E-state index in [0.29, 0.717) is 6.04 Å². The maximum Gasteiger partial charge on any atom is 0.0322 e. The Morgan fingerprint density at radius 3 is 2.57 bits per heavy atom. The SMILES string of the molecule is Cc1ccc(C)c(C(C)N2CCC(C3CCCN3)CC2)c1.